The predicted octanol–water partition coefficient (Wildman–Crippen LogP) is 2.49. The first kappa shape index (κ1) is 13.5. The molecule has 1 atom stereocenters. The van der Waals surface area contributed by atoms with Gasteiger partial charge in [0.1, 0.15) is 5.75 Å². The highest BCUT2D eigenvalue weighted by Gasteiger charge is 2.15. The lowest BCUT2D eigenvalue weighted by molar-refractivity contribution is 0.338. The van der Waals surface area contributed by atoms with Gasteiger partial charge in [0.25, 0.3) is 0 Å². The summed E-state index contributed by atoms with van der Waals surface area (Å²) in [6, 6.07) is 4.15. The van der Waals surface area contributed by atoms with Crippen molar-refractivity contribution >= 4 is 0 Å². The number of aromatic nitrogens is 2. The van der Waals surface area contributed by atoms with Crippen LogP contribution in [-0.2, 0) is 0 Å². The molecule has 0 aliphatic rings. The van der Waals surface area contributed by atoms with Crippen LogP contribution < -0.4 is 10.1 Å². The van der Waals surface area contributed by atoms with E-state index in [0.29, 0.717) is 6.61 Å². The van der Waals surface area contributed by atoms with E-state index in [1.807, 2.05) is 44.7 Å². The summed E-state index contributed by atoms with van der Waals surface area (Å²) in [5, 5.41) is 3.32. The number of nitrogens with one attached hydrogen (secondary N) is 1. The van der Waals surface area contributed by atoms with Gasteiger partial charge in [-0.1, -0.05) is 0 Å². The van der Waals surface area contributed by atoms with E-state index in [2.05, 4.69) is 22.2 Å². The number of ether oxygens (including phenoxy) is 1. The first-order valence-corrected chi connectivity index (χ1v) is 6.41. The van der Waals surface area contributed by atoms with Gasteiger partial charge in [-0.05, 0) is 49.7 Å². The van der Waals surface area contributed by atoms with Gasteiger partial charge in [-0.15, -0.1) is 0 Å². The van der Waals surface area contributed by atoms with E-state index in [1.54, 1.807) is 6.20 Å². The fourth-order valence-corrected chi connectivity index (χ4v) is 2.15. The molecule has 0 radical (unpaired) electrons. The summed E-state index contributed by atoms with van der Waals surface area (Å²) in [5.74, 6) is 0.798. The van der Waals surface area contributed by atoms with E-state index in [0.717, 1.165) is 16.9 Å². The molecule has 0 bridgehead atoms. The number of pyridine rings is 2. The molecule has 4 nitrogen and oxygen atoms in total. The number of nitrogens with zero attached hydrogens (tertiary/aromatic N) is 2. The number of hydrogen-bond acceptors (Lipinski definition) is 4. The van der Waals surface area contributed by atoms with Crippen molar-refractivity contribution in [2.45, 2.75) is 19.9 Å². The molecule has 4 heteroatoms. The van der Waals surface area contributed by atoms with Crippen molar-refractivity contribution in [1.29, 1.82) is 0 Å². The van der Waals surface area contributed by atoms with Crippen molar-refractivity contribution in [1.82, 2.24) is 15.3 Å². The molecule has 19 heavy (non-hydrogen) atoms. The van der Waals surface area contributed by atoms with Crippen LogP contribution in [0.4, 0.5) is 0 Å². The van der Waals surface area contributed by atoms with Crippen molar-refractivity contribution in [3.05, 3.63) is 53.6 Å². The summed E-state index contributed by atoms with van der Waals surface area (Å²) < 4.78 is 5.50. The molecular formula is C15H19N3O. The third-order valence-electron chi connectivity index (χ3n) is 3.04. The second-order valence-corrected chi connectivity index (χ2v) is 4.34. The maximum atomic E-state index is 5.50. The van der Waals surface area contributed by atoms with Gasteiger partial charge in [0.05, 0.1) is 18.8 Å². The highest BCUT2D eigenvalue weighted by Crippen LogP contribution is 2.25. The molecule has 0 saturated carbocycles. The molecule has 0 amide bonds. The van der Waals surface area contributed by atoms with Gasteiger partial charge < -0.3 is 10.1 Å². The Morgan fingerprint density at radius 3 is 2.79 bits per heavy atom. The summed E-state index contributed by atoms with van der Waals surface area (Å²) in [4.78, 5) is 8.38. The maximum absolute atomic E-state index is 5.50. The zero-order valence-electron chi connectivity index (χ0n) is 11.6. The molecule has 1 N–H and O–H groups in total. The minimum atomic E-state index is 0.0934. The second kappa shape index (κ2) is 6.29. The Morgan fingerprint density at radius 2 is 2.11 bits per heavy atom. The van der Waals surface area contributed by atoms with Crippen molar-refractivity contribution in [2.75, 3.05) is 13.7 Å². The summed E-state index contributed by atoms with van der Waals surface area (Å²) in [5.41, 5.74) is 3.44. The monoisotopic (exact) mass is 257 g/mol. The lowest BCUT2D eigenvalue weighted by atomic mass is 9.98. The van der Waals surface area contributed by atoms with Gasteiger partial charge in [-0.3, -0.25) is 9.97 Å². The zero-order valence-corrected chi connectivity index (χ0v) is 11.6. The van der Waals surface area contributed by atoms with E-state index >= 15 is 0 Å². The van der Waals surface area contributed by atoms with E-state index in [9.17, 15) is 0 Å². The molecule has 2 aromatic rings. The minimum Gasteiger partial charge on any atom is -0.492 e. The average Bonchev–Trinajstić information content (AvgIpc) is 2.43. The SMILES string of the molecule is CCOc1cncc(C(NC)c2ccncc2C)c1. The predicted molar refractivity (Wildman–Crippen MR) is 75.3 cm³/mol. The van der Waals surface area contributed by atoms with Gasteiger partial charge in [0.15, 0.2) is 0 Å². The minimum absolute atomic E-state index is 0.0934. The molecule has 0 saturated heterocycles. The molecule has 0 aliphatic carbocycles. The standard InChI is InChI=1S/C15H19N3O/c1-4-19-13-7-12(9-18-10-13)15(16-3)14-5-6-17-8-11(14)2/h5-10,15-16H,4H2,1-3H3. The average molecular weight is 257 g/mol. The third-order valence-corrected chi connectivity index (χ3v) is 3.04. The van der Waals surface area contributed by atoms with Crippen molar-refractivity contribution < 1.29 is 4.74 Å². The third kappa shape index (κ3) is 3.09. The van der Waals surface area contributed by atoms with Crippen molar-refractivity contribution in [2.24, 2.45) is 0 Å². The Morgan fingerprint density at radius 1 is 1.26 bits per heavy atom. The first-order valence-electron chi connectivity index (χ1n) is 6.41. The first-order chi connectivity index (χ1) is 9.26. The molecular weight excluding hydrogens is 238 g/mol. The maximum Gasteiger partial charge on any atom is 0.137 e. The van der Waals surface area contributed by atoms with Gasteiger partial charge in [0, 0.05) is 18.6 Å². The molecule has 0 fully saturated rings. The van der Waals surface area contributed by atoms with Crippen LogP contribution in [0.15, 0.2) is 36.9 Å². The Kier molecular flexibility index (Phi) is 4.47. The highest BCUT2D eigenvalue weighted by molar-refractivity contribution is 5.36. The van der Waals surface area contributed by atoms with Crippen LogP contribution in [0.25, 0.3) is 0 Å². The number of hydrogen-bond donors (Lipinski definition) is 1. The summed E-state index contributed by atoms with van der Waals surface area (Å²) in [7, 11) is 1.94. The molecule has 1 unspecified atom stereocenters. The van der Waals surface area contributed by atoms with E-state index in [-0.39, 0.29) is 6.04 Å². The second-order valence-electron chi connectivity index (χ2n) is 4.34. The molecule has 0 aliphatic heterocycles. The number of aryl methyl sites for hydroxylation is 1. The van der Waals surface area contributed by atoms with Crippen LogP contribution in [0.3, 0.4) is 0 Å². The lowest BCUT2D eigenvalue weighted by Crippen LogP contribution is -2.19. The van der Waals surface area contributed by atoms with E-state index in [4.69, 9.17) is 4.74 Å². The molecule has 2 aromatic heterocycles. The summed E-state index contributed by atoms with van der Waals surface area (Å²) in [6.45, 7) is 4.67. The van der Waals surface area contributed by atoms with Crippen LogP contribution in [0.5, 0.6) is 5.75 Å². The smallest absolute Gasteiger partial charge is 0.137 e. The van der Waals surface area contributed by atoms with E-state index < -0.39 is 0 Å². The molecule has 100 valence electrons. The number of rotatable bonds is 5. The van der Waals surface area contributed by atoms with Gasteiger partial charge in [0.2, 0.25) is 0 Å². The Labute approximate surface area is 113 Å². The quantitative estimate of drug-likeness (QED) is 0.894. The van der Waals surface area contributed by atoms with Gasteiger partial charge in [-0.25, -0.2) is 0 Å². The topological polar surface area (TPSA) is 47.0 Å². The van der Waals surface area contributed by atoms with Crippen LogP contribution in [0, 0.1) is 6.92 Å². The molecule has 2 rings (SSSR count). The van der Waals surface area contributed by atoms with Crippen molar-refractivity contribution in [3.63, 3.8) is 0 Å². The van der Waals surface area contributed by atoms with E-state index in [1.165, 1.54) is 5.56 Å². The summed E-state index contributed by atoms with van der Waals surface area (Å²) >= 11 is 0. The Hall–Kier alpha value is -1.94. The largest absolute Gasteiger partial charge is 0.492 e. The fourth-order valence-electron chi connectivity index (χ4n) is 2.15. The molecule has 2 heterocycles. The Bertz CT molecular complexity index is 542. The summed E-state index contributed by atoms with van der Waals surface area (Å²) in [6.07, 6.45) is 7.29. The molecule has 0 spiro atoms. The van der Waals surface area contributed by atoms with Crippen LogP contribution >= 0.6 is 0 Å². The zero-order chi connectivity index (χ0) is 13.7. The van der Waals surface area contributed by atoms with Gasteiger partial charge >= 0.3 is 0 Å². The Balaban J connectivity index is 2.37. The molecule has 0 aromatic carbocycles. The van der Waals surface area contributed by atoms with Crippen LogP contribution in [0.1, 0.15) is 29.7 Å². The lowest BCUT2D eigenvalue weighted by Gasteiger charge is -2.19. The van der Waals surface area contributed by atoms with Crippen molar-refractivity contribution in [3.8, 4) is 5.75 Å². The van der Waals surface area contributed by atoms with Gasteiger partial charge in [-0.2, -0.15) is 0 Å². The normalized spacial score (nSPS) is 12.2. The van der Waals surface area contributed by atoms with Crippen LogP contribution in [0.2, 0.25) is 0 Å². The highest BCUT2D eigenvalue weighted by atomic mass is 16.5. The van der Waals surface area contributed by atoms with Crippen LogP contribution in [-0.4, -0.2) is 23.6 Å². The fraction of sp³-hybridized carbons (Fsp3) is 0.333.